The van der Waals surface area contributed by atoms with Crippen molar-refractivity contribution in [3.63, 3.8) is 0 Å². The van der Waals surface area contributed by atoms with E-state index in [2.05, 4.69) is 10.1 Å². The molecular formula is C19H21BFN3O2. The third-order valence-corrected chi connectivity index (χ3v) is 5.27. The average molecular weight is 353 g/mol. The first-order chi connectivity index (χ1) is 12.3. The lowest BCUT2D eigenvalue weighted by molar-refractivity contribution is 0.00578. The summed E-state index contributed by atoms with van der Waals surface area (Å²) in [6, 6.07) is 11.2. The summed E-state index contributed by atoms with van der Waals surface area (Å²) >= 11 is 0. The van der Waals surface area contributed by atoms with Gasteiger partial charge < -0.3 is 9.31 Å². The molecule has 0 atom stereocenters. The van der Waals surface area contributed by atoms with Crippen molar-refractivity contribution >= 4 is 23.5 Å². The number of hydrogen-bond donors (Lipinski definition) is 0. The van der Waals surface area contributed by atoms with Crippen LogP contribution in [0.1, 0.15) is 33.4 Å². The molecule has 1 aliphatic heterocycles. The Bertz CT molecular complexity index is 954. The van der Waals surface area contributed by atoms with Crippen LogP contribution in [0, 0.1) is 0 Å². The van der Waals surface area contributed by atoms with Crippen LogP contribution in [-0.4, -0.2) is 33.1 Å². The zero-order chi connectivity index (χ0) is 18.5. The van der Waals surface area contributed by atoms with Gasteiger partial charge in [-0.15, -0.1) is 0 Å². The van der Waals surface area contributed by atoms with E-state index in [4.69, 9.17) is 9.31 Å². The van der Waals surface area contributed by atoms with Crippen LogP contribution >= 0.6 is 0 Å². The molecule has 0 aliphatic carbocycles. The van der Waals surface area contributed by atoms with Crippen molar-refractivity contribution in [1.82, 2.24) is 14.8 Å². The van der Waals surface area contributed by atoms with Gasteiger partial charge >= 0.3 is 7.12 Å². The molecule has 0 amide bonds. The van der Waals surface area contributed by atoms with E-state index >= 15 is 0 Å². The van der Waals surface area contributed by atoms with E-state index in [9.17, 15) is 4.39 Å². The fraction of sp³-hybridized carbons (Fsp3) is 0.368. The van der Waals surface area contributed by atoms with Crippen molar-refractivity contribution in [3.8, 4) is 5.82 Å². The third kappa shape index (κ3) is 2.71. The van der Waals surface area contributed by atoms with Gasteiger partial charge in [0, 0.05) is 5.39 Å². The third-order valence-electron chi connectivity index (χ3n) is 5.27. The zero-order valence-corrected chi connectivity index (χ0v) is 15.4. The molecule has 3 heterocycles. The molecule has 26 heavy (non-hydrogen) atoms. The van der Waals surface area contributed by atoms with E-state index in [-0.39, 0.29) is 0 Å². The van der Waals surface area contributed by atoms with Gasteiger partial charge in [-0.3, -0.25) is 0 Å². The van der Waals surface area contributed by atoms with E-state index in [1.54, 1.807) is 23.0 Å². The maximum Gasteiger partial charge on any atom is 0.494 e. The van der Waals surface area contributed by atoms with E-state index in [0.29, 0.717) is 11.5 Å². The monoisotopic (exact) mass is 353 g/mol. The summed E-state index contributed by atoms with van der Waals surface area (Å²) in [5.74, 6) is 0.584. The standard InChI is InChI=1S/C19H21BFN3O2/c1-18(2)19(3,4)26-20(25-18)14-9-8-13-12-22-24(16(13)10-14)17-7-5-6-15(11-21)23-17/h5-10,12H,11H2,1-4H3. The van der Waals surface area contributed by atoms with Crippen molar-refractivity contribution in [2.75, 3.05) is 0 Å². The van der Waals surface area contributed by atoms with E-state index in [1.165, 1.54) is 0 Å². The van der Waals surface area contributed by atoms with Gasteiger partial charge in [0.25, 0.3) is 0 Å². The molecule has 1 saturated heterocycles. The molecular weight excluding hydrogens is 332 g/mol. The van der Waals surface area contributed by atoms with Crippen LogP contribution in [0.15, 0.2) is 42.6 Å². The van der Waals surface area contributed by atoms with Crippen LogP contribution in [0.2, 0.25) is 0 Å². The molecule has 134 valence electrons. The first-order valence-corrected chi connectivity index (χ1v) is 8.66. The molecule has 1 aliphatic rings. The molecule has 7 heteroatoms. The summed E-state index contributed by atoms with van der Waals surface area (Å²) in [6.45, 7) is 7.51. The predicted octanol–water partition coefficient (Wildman–Crippen LogP) is 3.19. The number of fused-ring (bicyclic) bond motifs is 1. The zero-order valence-electron chi connectivity index (χ0n) is 15.4. The molecule has 0 N–H and O–H groups in total. The molecule has 2 aromatic heterocycles. The van der Waals surface area contributed by atoms with Gasteiger partial charge in [-0.05, 0) is 51.4 Å². The van der Waals surface area contributed by atoms with Gasteiger partial charge in [-0.25, -0.2) is 14.1 Å². The summed E-state index contributed by atoms with van der Waals surface area (Å²) in [5, 5.41) is 5.39. The number of halogens is 1. The summed E-state index contributed by atoms with van der Waals surface area (Å²) in [4.78, 5) is 4.32. The van der Waals surface area contributed by atoms with Gasteiger partial charge in [-0.1, -0.05) is 18.2 Å². The van der Waals surface area contributed by atoms with E-state index < -0.39 is 25.0 Å². The summed E-state index contributed by atoms with van der Waals surface area (Å²) < 4.78 is 26.9. The Balaban J connectivity index is 1.76. The SMILES string of the molecule is CC1(C)OB(c2ccc3cnn(-c4cccc(CF)n4)c3c2)OC1(C)C. The highest BCUT2D eigenvalue weighted by molar-refractivity contribution is 6.62. The van der Waals surface area contributed by atoms with Gasteiger partial charge in [0.1, 0.15) is 6.67 Å². The Morgan fingerprint density at radius 2 is 1.81 bits per heavy atom. The average Bonchev–Trinajstić information content (AvgIpc) is 3.12. The molecule has 1 aromatic carbocycles. The summed E-state index contributed by atoms with van der Waals surface area (Å²) in [7, 11) is -0.446. The molecule has 0 radical (unpaired) electrons. The Hall–Kier alpha value is -2.25. The van der Waals surface area contributed by atoms with Crippen molar-refractivity contribution in [2.24, 2.45) is 0 Å². The number of nitrogens with zero attached hydrogens (tertiary/aromatic N) is 3. The number of hydrogen-bond acceptors (Lipinski definition) is 4. The minimum atomic E-state index is -0.605. The van der Waals surface area contributed by atoms with Gasteiger partial charge in [0.05, 0.1) is 28.6 Å². The number of benzene rings is 1. The molecule has 5 nitrogen and oxygen atoms in total. The maximum absolute atomic E-state index is 12.9. The lowest BCUT2D eigenvalue weighted by atomic mass is 9.79. The van der Waals surface area contributed by atoms with Crippen LogP contribution < -0.4 is 5.46 Å². The number of alkyl halides is 1. The Morgan fingerprint density at radius 1 is 1.08 bits per heavy atom. The molecule has 3 aromatic rings. The Morgan fingerprint density at radius 3 is 2.50 bits per heavy atom. The highest BCUT2D eigenvalue weighted by atomic mass is 19.1. The quantitative estimate of drug-likeness (QED) is 0.679. The van der Waals surface area contributed by atoms with Crippen molar-refractivity contribution in [2.45, 2.75) is 45.6 Å². The molecule has 0 unspecified atom stereocenters. The van der Waals surface area contributed by atoms with Crippen molar-refractivity contribution in [3.05, 3.63) is 48.3 Å². The molecule has 1 fully saturated rings. The summed E-state index contributed by atoms with van der Waals surface area (Å²) in [6.07, 6.45) is 1.77. The van der Waals surface area contributed by atoms with E-state index in [0.717, 1.165) is 16.4 Å². The number of rotatable bonds is 3. The predicted molar refractivity (Wildman–Crippen MR) is 99.4 cm³/mol. The lowest BCUT2D eigenvalue weighted by Crippen LogP contribution is -2.41. The highest BCUT2D eigenvalue weighted by Crippen LogP contribution is 2.36. The molecule has 0 bridgehead atoms. The minimum Gasteiger partial charge on any atom is -0.399 e. The lowest BCUT2D eigenvalue weighted by Gasteiger charge is -2.32. The second kappa shape index (κ2) is 5.89. The topological polar surface area (TPSA) is 49.2 Å². The fourth-order valence-corrected chi connectivity index (χ4v) is 3.00. The number of pyridine rings is 1. The first kappa shape index (κ1) is 17.2. The Labute approximate surface area is 152 Å². The van der Waals surface area contributed by atoms with Crippen LogP contribution in [0.3, 0.4) is 0 Å². The smallest absolute Gasteiger partial charge is 0.399 e. The van der Waals surface area contributed by atoms with Crippen LogP contribution in [0.5, 0.6) is 0 Å². The largest absolute Gasteiger partial charge is 0.494 e. The first-order valence-electron chi connectivity index (χ1n) is 8.66. The van der Waals surface area contributed by atoms with Crippen LogP contribution in [-0.2, 0) is 16.0 Å². The minimum absolute atomic E-state index is 0.383. The van der Waals surface area contributed by atoms with Gasteiger partial charge in [0.2, 0.25) is 0 Å². The summed E-state index contributed by atoms with van der Waals surface area (Å²) in [5.41, 5.74) is 1.38. The highest BCUT2D eigenvalue weighted by Gasteiger charge is 2.51. The molecule has 4 rings (SSSR count). The second-order valence-electron chi connectivity index (χ2n) is 7.58. The van der Waals surface area contributed by atoms with Crippen molar-refractivity contribution < 1.29 is 13.7 Å². The normalized spacial score (nSPS) is 18.6. The van der Waals surface area contributed by atoms with Crippen LogP contribution in [0.25, 0.3) is 16.7 Å². The second-order valence-corrected chi connectivity index (χ2v) is 7.58. The number of aromatic nitrogens is 3. The maximum atomic E-state index is 12.9. The molecule has 0 saturated carbocycles. The van der Waals surface area contributed by atoms with Crippen LogP contribution in [0.4, 0.5) is 4.39 Å². The fourth-order valence-electron chi connectivity index (χ4n) is 3.00. The van der Waals surface area contributed by atoms with Crippen molar-refractivity contribution in [1.29, 1.82) is 0 Å². The Kier molecular flexibility index (Phi) is 3.89. The van der Waals surface area contributed by atoms with Gasteiger partial charge in [0.15, 0.2) is 5.82 Å². The van der Waals surface area contributed by atoms with Gasteiger partial charge in [-0.2, -0.15) is 5.10 Å². The van der Waals surface area contributed by atoms with E-state index in [1.807, 2.05) is 52.0 Å². The molecule has 0 spiro atoms.